The van der Waals surface area contributed by atoms with Crippen LogP contribution >= 0.6 is 0 Å². The number of aryl methyl sites for hydroxylation is 1. The van der Waals surface area contributed by atoms with Crippen LogP contribution in [0.15, 0.2) is 56.6 Å². The first kappa shape index (κ1) is 15.4. The Labute approximate surface area is 131 Å². The highest BCUT2D eigenvalue weighted by molar-refractivity contribution is 7.89. The van der Waals surface area contributed by atoms with E-state index in [0.29, 0.717) is 16.7 Å². The second-order valence-corrected chi connectivity index (χ2v) is 6.77. The Kier molecular flexibility index (Phi) is 3.78. The van der Waals surface area contributed by atoms with E-state index in [9.17, 15) is 17.6 Å². The molecule has 23 heavy (non-hydrogen) atoms. The van der Waals surface area contributed by atoms with E-state index in [4.69, 9.17) is 4.42 Å². The summed E-state index contributed by atoms with van der Waals surface area (Å²) in [6.07, 6.45) is 0. The third-order valence-corrected chi connectivity index (χ3v) is 4.86. The van der Waals surface area contributed by atoms with E-state index < -0.39 is 21.6 Å². The van der Waals surface area contributed by atoms with Crippen molar-refractivity contribution in [3.63, 3.8) is 0 Å². The zero-order chi connectivity index (χ0) is 16.6. The zero-order valence-electron chi connectivity index (χ0n) is 12.1. The maximum absolute atomic E-state index is 12.9. The van der Waals surface area contributed by atoms with Crippen molar-refractivity contribution in [2.45, 2.75) is 11.4 Å². The van der Waals surface area contributed by atoms with E-state index in [1.165, 1.54) is 16.7 Å². The van der Waals surface area contributed by atoms with Crippen molar-refractivity contribution in [1.82, 2.24) is 9.29 Å². The minimum absolute atomic E-state index is 0.0220. The number of benzene rings is 2. The lowest BCUT2D eigenvalue weighted by molar-refractivity contribution is 0.527. The molecular weight excluding hydrogens is 323 g/mol. The fraction of sp³-hybridized carbons (Fsp3) is 0.133. The molecule has 1 aromatic heterocycles. The highest BCUT2D eigenvalue weighted by Crippen LogP contribution is 2.15. The Balaban J connectivity index is 1.82. The number of hydrogen-bond donors (Lipinski definition) is 1. The highest BCUT2D eigenvalue weighted by atomic mass is 32.2. The van der Waals surface area contributed by atoms with E-state index in [-0.39, 0.29) is 11.4 Å². The largest absolute Gasteiger partial charge is 0.419 e. The zero-order valence-corrected chi connectivity index (χ0v) is 12.9. The summed E-state index contributed by atoms with van der Waals surface area (Å²) in [6.45, 7) is 0.0221. The minimum Gasteiger partial charge on any atom is -0.408 e. The van der Waals surface area contributed by atoms with Gasteiger partial charge in [-0.3, -0.25) is 4.57 Å². The van der Waals surface area contributed by atoms with Gasteiger partial charge in [0.25, 0.3) is 0 Å². The molecule has 6 nitrogen and oxygen atoms in total. The Bertz CT molecular complexity index is 1020. The number of fused-ring (bicyclic) bond motifs is 1. The van der Waals surface area contributed by atoms with E-state index in [0.717, 1.165) is 12.1 Å². The Morgan fingerprint density at radius 1 is 1.17 bits per heavy atom. The number of halogens is 1. The maximum Gasteiger partial charge on any atom is 0.419 e. The molecule has 0 aliphatic rings. The lowest BCUT2D eigenvalue weighted by atomic mass is 10.2. The van der Waals surface area contributed by atoms with E-state index in [1.54, 1.807) is 25.2 Å². The minimum atomic E-state index is -3.75. The molecule has 120 valence electrons. The monoisotopic (exact) mass is 336 g/mol. The molecule has 3 rings (SSSR count). The van der Waals surface area contributed by atoms with Gasteiger partial charge in [-0.15, -0.1) is 0 Å². The van der Waals surface area contributed by atoms with Gasteiger partial charge in [-0.1, -0.05) is 6.07 Å². The lowest BCUT2D eigenvalue weighted by Gasteiger charge is -2.07. The molecule has 8 heteroatoms. The van der Waals surface area contributed by atoms with Gasteiger partial charge in [0.1, 0.15) is 5.82 Å². The number of hydrogen-bond acceptors (Lipinski definition) is 4. The summed E-state index contributed by atoms with van der Waals surface area (Å²) in [5.74, 6) is -0.988. The molecule has 0 saturated carbocycles. The molecule has 0 spiro atoms. The van der Waals surface area contributed by atoms with Gasteiger partial charge < -0.3 is 4.42 Å². The average molecular weight is 336 g/mol. The summed E-state index contributed by atoms with van der Waals surface area (Å²) in [6, 6.07) is 9.53. The molecule has 0 fully saturated rings. The van der Waals surface area contributed by atoms with Gasteiger partial charge in [0, 0.05) is 13.6 Å². The lowest BCUT2D eigenvalue weighted by Crippen LogP contribution is -2.23. The van der Waals surface area contributed by atoms with Gasteiger partial charge in [0.2, 0.25) is 10.0 Å². The first-order valence-electron chi connectivity index (χ1n) is 6.70. The van der Waals surface area contributed by atoms with Gasteiger partial charge in [-0.05, 0) is 42.0 Å². The number of sulfonamides is 1. The number of oxazole rings is 1. The molecule has 0 amide bonds. The van der Waals surface area contributed by atoms with Crippen molar-refractivity contribution < 1.29 is 17.2 Å². The van der Waals surface area contributed by atoms with Crippen molar-refractivity contribution in [2.24, 2.45) is 7.05 Å². The summed E-state index contributed by atoms with van der Waals surface area (Å²) in [5.41, 5.74) is 1.65. The van der Waals surface area contributed by atoms with Gasteiger partial charge in [-0.2, -0.15) is 0 Å². The molecule has 0 radical (unpaired) electrons. The number of rotatable bonds is 4. The normalized spacial score (nSPS) is 11.9. The first-order chi connectivity index (χ1) is 10.9. The van der Waals surface area contributed by atoms with Crippen LogP contribution in [0, 0.1) is 5.82 Å². The predicted molar refractivity (Wildman–Crippen MR) is 81.9 cm³/mol. The third-order valence-electron chi connectivity index (χ3n) is 3.45. The molecule has 0 aliphatic carbocycles. The van der Waals surface area contributed by atoms with Crippen LogP contribution in [0.1, 0.15) is 5.56 Å². The Morgan fingerprint density at radius 2 is 1.87 bits per heavy atom. The van der Waals surface area contributed by atoms with E-state index >= 15 is 0 Å². The molecule has 0 atom stereocenters. The van der Waals surface area contributed by atoms with Crippen LogP contribution in [0.2, 0.25) is 0 Å². The van der Waals surface area contributed by atoms with Gasteiger partial charge in [0.05, 0.1) is 10.4 Å². The fourth-order valence-electron chi connectivity index (χ4n) is 2.16. The number of nitrogens with one attached hydrogen (secondary N) is 1. The molecule has 0 unspecified atom stereocenters. The SMILES string of the molecule is Cn1c(=O)oc2cc(CNS(=O)(=O)c3ccc(F)cc3)ccc21. The predicted octanol–water partition coefficient (Wildman–Crippen LogP) is 1.75. The van der Waals surface area contributed by atoms with Crippen molar-refractivity contribution in [3.8, 4) is 0 Å². The average Bonchev–Trinajstić information content (AvgIpc) is 2.80. The van der Waals surface area contributed by atoms with Crippen LogP contribution < -0.4 is 10.5 Å². The highest BCUT2D eigenvalue weighted by Gasteiger charge is 2.14. The van der Waals surface area contributed by atoms with Crippen molar-refractivity contribution in [2.75, 3.05) is 0 Å². The quantitative estimate of drug-likeness (QED) is 0.787. The number of aromatic nitrogens is 1. The summed E-state index contributed by atoms with van der Waals surface area (Å²) in [5, 5.41) is 0. The molecule has 0 bridgehead atoms. The standard InChI is InChI=1S/C15H13FN2O4S/c1-18-13-7-2-10(8-14(13)22-15(18)19)9-17-23(20,21)12-5-3-11(16)4-6-12/h2-8,17H,9H2,1H3. The van der Waals surface area contributed by atoms with E-state index in [2.05, 4.69) is 4.72 Å². The second-order valence-electron chi connectivity index (χ2n) is 5.01. The van der Waals surface area contributed by atoms with Crippen molar-refractivity contribution in [1.29, 1.82) is 0 Å². The van der Waals surface area contributed by atoms with Gasteiger partial charge in [0.15, 0.2) is 5.58 Å². The summed E-state index contributed by atoms with van der Waals surface area (Å²) >= 11 is 0. The van der Waals surface area contributed by atoms with Crippen molar-refractivity contribution in [3.05, 3.63) is 64.4 Å². The topological polar surface area (TPSA) is 81.3 Å². The smallest absolute Gasteiger partial charge is 0.408 e. The van der Waals surface area contributed by atoms with Crippen LogP contribution in [0.25, 0.3) is 11.1 Å². The van der Waals surface area contributed by atoms with Crippen LogP contribution in [0.5, 0.6) is 0 Å². The van der Waals surface area contributed by atoms with Crippen LogP contribution in [0.4, 0.5) is 4.39 Å². The Morgan fingerprint density at radius 3 is 2.57 bits per heavy atom. The first-order valence-corrected chi connectivity index (χ1v) is 8.19. The van der Waals surface area contributed by atoms with Crippen molar-refractivity contribution >= 4 is 21.1 Å². The van der Waals surface area contributed by atoms with Crippen LogP contribution in [-0.4, -0.2) is 13.0 Å². The summed E-state index contributed by atoms with van der Waals surface area (Å²) in [7, 11) is -2.16. The fourth-order valence-corrected chi connectivity index (χ4v) is 3.18. The van der Waals surface area contributed by atoms with Gasteiger partial charge in [-0.25, -0.2) is 22.3 Å². The van der Waals surface area contributed by atoms with E-state index in [1.807, 2.05) is 0 Å². The molecule has 0 aliphatic heterocycles. The molecule has 3 aromatic rings. The summed E-state index contributed by atoms with van der Waals surface area (Å²) < 4.78 is 46.0. The van der Waals surface area contributed by atoms with Crippen LogP contribution in [-0.2, 0) is 23.6 Å². The number of nitrogens with zero attached hydrogens (tertiary/aromatic N) is 1. The molecule has 0 saturated heterocycles. The summed E-state index contributed by atoms with van der Waals surface area (Å²) in [4.78, 5) is 11.4. The Hall–Kier alpha value is -2.45. The van der Waals surface area contributed by atoms with Crippen LogP contribution in [0.3, 0.4) is 0 Å². The second kappa shape index (κ2) is 5.64. The molecular formula is C15H13FN2O4S. The molecule has 2 aromatic carbocycles. The molecule has 1 N–H and O–H groups in total. The third kappa shape index (κ3) is 3.03. The molecule has 1 heterocycles. The maximum atomic E-state index is 12.9. The van der Waals surface area contributed by atoms with Gasteiger partial charge >= 0.3 is 5.76 Å².